The number of aromatic hydroxyl groups is 1. The van der Waals surface area contributed by atoms with E-state index in [1.165, 1.54) is 4.90 Å². The molecule has 7 nitrogen and oxygen atoms in total. The molecule has 1 unspecified atom stereocenters. The summed E-state index contributed by atoms with van der Waals surface area (Å²) in [7, 11) is 3.71. The molecular weight excluding hydrogens is 348 g/mol. The molecule has 0 bridgehead atoms. The van der Waals surface area contributed by atoms with Crippen molar-refractivity contribution in [3.8, 4) is 23.0 Å². The molecule has 0 amide bonds. The lowest BCUT2D eigenvalue weighted by Gasteiger charge is -2.31. The zero-order valence-corrected chi connectivity index (χ0v) is 15.3. The van der Waals surface area contributed by atoms with E-state index in [2.05, 4.69) is 12.5 Å². The van der Waals surface area contributed by atoms with Crippen molar-refractivity contribution in [1.29, 1.82) is 0 Å². The number of phenolic OH excluding ortho intramolecular Hbond substituents is 1. The minimum absolute atomic E-state index is 0.0941. The number of fused-ring (bicyclic) bond motifs is 2. The van der Waals surface area contributed by atoms with Crippen LogP contribution >= 0.6 is 0 Å². The number of hydroxylamine groups is 1. The maximum atomic E-state index is 10.2. The molecule has 0 radical (unpaired) electrons. The number of ether oxygens (including phenoxy) is 3. The number of nitrogens with one attached hydrogen (secondary N) is 2. The van der Waals surface area contributed by atoms with E-state index in [0.29, 0.717) is 28.5 Å². The highest BCUT2D eigenvalue weighted by Gasteiger charge is 2.35. The Bertz CT molecular complexity index is 896. The van der Waals surface area contributed by atoms with E-state index < -0.39 is 0 Å². The van der Waals surface area contributed by atoms with Crippen molar-refractivity contribution in [2.24, 2.45) is 0 Å². The van der Waals surface area contributed by atoms with Crippen LogP contribution in [0, 0.1) is 0 Å². The van der Waals surface area contributed by atoms with Crippen LogP contribution in [0.4, 0.5) is 0 Å². The van der Waals surface area contributed by atoms with Gasteiger partial charge in [0, 0.05) is 18.1 Å². The van der Waals surface area contributed by atoms with Crippen LogP contribution in [0.5, 0.6) is 23.0 Å². The molecule has 4 N–H and O–H groups in total. The lowest BCUT2D eigenvalue weighted by Crippen LogP contribution is -3.10. The van der Waals surface area contributed by atoms with E-state index in [9.17, 15) is 10.3 Å². The molecule has 2 atom stereocenters. The Morgan fingerprint density at radius 2 is 2.15 bits per heavy atom. The van der Waals surface area contributed by atoms with Gasteiger partial charge in [-0.1, -0.05) is 12.1 Å². The van der Waals surface area contributed by atoms with Crippen molar-refractivity contribution in [2.75, 3.05) is 27.5 Å². The minimum atomic E-state index is -0.104. The van der Waals surface area contributed by atoms with Crippen molar-refractivity contribution >= 4 is 5.70 Å². The average Bonchev–Trinajstić information content (AvgIpc) is 3.15. The molecular formula is C20H23N2O5+. The average molecular weight is 371 g/mol. The van der Waals surface area contributed by atoms with Gasteiger partial charge in [0.1, 0.15) is 11.8 Å². The first-order valence-electron chi connectivity index (χ1n) is 8.86. The van der Waals surface area contributed by atoms with E-state index in [0.717, 1.165) is 24.1 Å². The van der Waals surface area contributed by atoms with Crippen molar-refractivity contribution in [1.82, 2.24) is 5.48 Å². The molecule has 0 saturated heterocycles. The van der Waals surface area contributed by atoms with Crippen molar-refractivity contribution in [3.05, 3.63) is 53.1 Å². The number of methoxy groups -OCH3 is 1. The summed E-state index contributed by atoms with van der Waals surface area (Å²) in [5, 5.41) is 19.9. The van der Waals surface area contributed by atoms with Gasteiger partial charge >= 0.3 is 0 Å². The second kappa shape index (κ2) is 7.02. The van der Waals surface area contributed by atoms with Gasteiger partial charge in [-0.25, -0.2) is 0 Å². The van der Waals surface area contributed by atoms with Crippen LogP contribution in [-0.4, -0.2) is 37.8 Å². The summed E-state index contributed by atoms with van der Waals surface area (Å²) in [6.07, 6.45) is 2.80. The predicted molar refractivity (Wildman–Crippen MR) is 98.3 cm³/mol. The van der Waals surface area contributed by atoms with E-state index in [4.69, 9.17) is 14.2 Å². The summed E-state index contributed by atoms with van der Waals surface area (Å²) in [4.78, 5) is 1.24. The quantitative estimate of drug-likeness (QED) is 0.606. The minimum Gasteiger partial charge on any atom is -0.507 e. The highest BCUT2D eigenvalue weighted by molar-refractivity contribution is 5.70. The third-order valence-electron chi connectivity index (χ3n) is 5.23. The van der Waals surface area contributed by atoms with Gasteiger partial charge in [-0.3, -0.25) is 10.7 Å². The SMILES string of the molecule is COc1c2c(cc3c1[C@H](/C=C(/NO)c1ccccc1O)[NH+](C)CC3)OCO2. The van der Waals surface area contributed by atoms with E-state index in [1.54, 1.807) is 25.3 Å². The monoisotopic (exact) mass is 371 g/mol. The van der Waals surface area contributed by atoms with Crippen LogP contribution in [0.1, 0.15) is 22.7 Å². The molecule has 0 aliphatic carbocycles. The van der Waals surface area contributed by atoms with Crippen molar-refractivity contribution in [3.63, 3.8) is 0 Å². The highest BCUT2D eigenvalue weighted by atomic mass is 16.7. The first kappa shape index (κ1) is 17.5. The van der Waals surface area contributed by atoms with E-state index in [1.807, 2.05) is 18.2 Å². The van der Waals surface area contributed by atoms with Crippen molar-refractivity contribution in [2.45, 2.75) is 12.5 Å². The number of para-hydroxylation sites is 1. The Hall–Kier alpha value is -2.90. The van der Waals surface area contributed by atoms with Gasteiger partial charge < -0.3 is 24.2 Å². The molecule has 2 aromatic rings. The Kier molecular flexibility index (Phi) is 4.55. The molecule has 4 rings (SSSR count). The molecule has 0 aromatic heterocycles. The Balaban J connectivity index is 1.86. The molecule has 7 heteroatoms. The lowest BCUT2D eigenvalue weighted by molar-refractivity contribution is -0.907. The van der Waals surface area contributed by atoms with E-state index in [-0.39, 0.29) is 18.6 Å². The van der Waals surface area contributed by atoms with Crippen LogP contribution in [0.3, 0.4) is 0 Å². The van der Waals surface area contributed by atoms with Gasteiger partial charge in [0.25, 0.3) is 0 Å². The van der Waals surface area contributed by atoms with Crippen LogP contribution in [0.15, 0.2) is 36.4 Å². The highest BCUT2D eigenvalue weighted by Crippen LogP contribution is 2.47. The fraction of sp³-hybridized carbons (Fsp3) is 0.300. The zero-order chi connectivity index (χ0) is 19.0. The molecule has 0 fully saturated rings. The fourth-order valence-electron chi connectivity index (χ4n) is 3.84. The maximum absolute atomic E-state index is 10.2. The second-order valence-corrected chi connectivity index (χ2v) is 6.75. The number of rotatable bonds is 4. The van der Waals surface area contributed by atoms with Gasteiger partial charge in [-0.15, -0.1) is 0 Å². The third-order valence-corrected chi connectivity index (χ3v) is 5.23. The van der Waals surface area contributed by atoms with Crippen LogP contribution < -0.4 is 24.6 Å². The van der Waals surface area contributed by atoms with Gasteiger partial charge in [-0.05, 0) is 23.8 Å². The summed E-state index contributed by atoms with van der Waals surface area (Å²) < 4.78 is 16.9. The molecule has 2 aliphatic heterocycles. The zero-order valence-electron chi connectivity index (χ0n) is 15.3. The molecule has 0 saturated carbocycles. The summed E-state index contributed by atoms with van der Waals surface area (Å²) in [5.41, 5.74) is 5.35. The maximum Gasteiger partial charge on any atom is 0.231 e. The number of hydrogen-bond donors (Lipinski definition) is 4. The van der Waals surface area contributed by atoms with Crippen LogP contribution in [0.25, 0.3) is 5.70 Å². The van der Waals surface area contributed by atoms with Gasteiger partial charge in [0.05, 0.1) is 32.0 Å². The molecule has 27 heavy (non-hydrogen) atoms. The Morgan fingerprint density at radius 1 is 1.33 bits per heavy atom. The largest absolute Gasteiger partial charge is 0.507 e. The summed E-state index contributed by atoms with van der Waals surface area (Å²) >= 11 is 0. The van der Waals surface area contributed by atoms with Gasteiger partial charge in [0.15, 0.2) is 11.5 Å². The lowest BCUT2D eigenvalue weighted by atomic mass is 9.90. The first-order valence-corrected chi connectivity index (χ1v) is 8.86. The normalized spacial score (nSPS) is 20.9. The Morgan fingerprint density at radius 3 is 2.89 bits per heavy atom. The number of likely N-dealkylation sites (N-methyl/N-ethyl adjacent to an activating group) is 1. The molecule has 2 aliphatic rings. The molecule has 0 spiro atoms. The number of benzene rings is 2. The smallest absolute Gasteiger partial charge is 0.231 e. The van der Waals surface area contributed by atoms with Crippen LogP contribution in [-0.2, 0) is 6.42 Å². The van der Waals surface area contributed by atoms with Gasteiger partial charge in [0.2, 0.25) is 12.5 Å². The summed E-state index contributed by atoms with van der Waals surface area (Å²) in [5.74, 6) is 2.08. The summed E-state index contributed by atoms with van der Waals surface area (Å²) in [6.45, 7) is 1.09. The standard InChI is InChI=1S/C20H22N2O5/c1-22-8-7-12-9-17-19(27-11-26-17)20(25-2)18(12)15(22)10-14(21-24)13-5-3-4-6-16(13)23/h3-6,9-10,15,21,23-24H,7-8,11H2,1-2H3/p+1/b14-10+/t15-/m0/s1. The van der Waals surface area contributed by atoms with E-state index >= 15 is 0 Å². The number of phenols is 1. The predicted octanol–water partition coefficient (Wildman–Crippen LogP) is 1.26. The molecule has 142 valence electrons. The molecule has 2 aromatic carbocycles. The van der Waals surface area contributed by atoms with Crippen LogP contribution in [0.2, 0.25) is 0 Å². The fourth-order valence-corrected chi connectivity index (χ4v) is 3.84. The third kappa shape index (κ3) is 2.94. The first-order chi connectivity index (χ1) is 13.1. The Labute approximate surface area is 157 Å². The summed E-state index contributed by atoms with van der Waals surface area (Å²) in [6, 6.07) is 8.80. The number of quaternary nitrogens is 1. The van der Waals surface area contributed by atoms with Crippen molar-refractivity contribution < 1.29 is 29.4 Å². The topological polar surface area (TPSA) is 84.6 Å². The molecule has 2 heterocycles. The second-order valence-electron chi connectivity index (χ2n) is 6.75. The van der Waals surface area contributed by atoms with Gasteiger partial charge in [-0.2, -0.15) is 0 Å². The number of hydrogen-bond acceptors (Lipinski definition) is 6.